The molecule has 0 fully saturated rings. The van der Waals surface area contributed by atoms with Crippen molar-refractivity contribution in [2.45, 2.75) is 70.8 Å². The summed E-state index contributed by atoms with van der Waals surface area (Å²) < 4.78 is 0. The lowest BCUT2D eigenvalue weighted by Crippen LogP contribution is -2.25. The average Bonchev–Trinajstić information content (AvgIpc) is 3.22. The van der Waals surface area contributed by atoms with E-state index in [1.807, 2.05) is 6.21 Å². The number of hydrogen-bond acceptors (Lipinski definition) is 3. The number of nitrogens with one attached hydrogen (secondary N) is 1. The normalized spacial score (nSPS) is 17.1. The van der Waals surface area contributed by atoms with Crippen LogP contribution in [0, 0.1) is 0 Å². The first-order valence-electron chi connectivity index (χ1n) is 10.7. The number of allylic oxidation sites excluding steroid dienone is 11. The molecule has 1 heterocycles. The first-order chi connectivity index (χ1) is 13.8. The van der Waals surface area contributed by atoms with Crippen LogP contribution in [0.25, 0.3) is 0 Å². The van der Waals surface area contributed by atoms with E-state index in [9.17, 15) is 0 Å². The highest BCUT2D eigenvalue weighted by atomic mass is 16.6. The van der Waals surface area contributed by atoms with Crippen LogP contribution >= 0.6 is 0 Å². The van der Waals surface area contributed by atoms with E-state index in [2.05, 4.69) is 84.7 Å². The predicted octanol–water partition coefficient (Wildman–Crippen LogP) is 6.79. The Balaban J connectivity index is 1.90. The Labute approximate surface area is 172 Å². The lowest BCUT2D eigenvalue weighted by molar-refractivity contribution is 0.0868. The summed E-state index contributed by atoms with van der Waals surface area (Å²) in [4.78, 5) is 5.18. The maximum atomic E-state index is 5.18. The fourth-order valence-corrected chi connectivity index (χ4v) is 2.60. The zero-order valence-electron chi connectivity index (χ0n) is 17.6. The van der Waals surface area contributed by atoms with Crippen LogP contribution in [0.2, 0.25) is 0 Å². The van der Waals surface area contributed by atoms with Gasteiger partial charge in [0.1, 0.15) is 6.10 Å². The van der Waals surface area contributed by atoms with Crippen molar-refractivity contribution in [1.29, 1.82) is 0 Å². The van der Waals surface area contributed by atoms with Gasteiger partial charge in [-0.3, -0.25) is 0 Å². The van der Waals surface area contributed by atoms with Gasteiger partial charge in [-0.15, -0.1) is 0 Å². The third-order valence-electron chi connectivity index (χ3n) is 4.24. The highest BCUT2D eigenvalue weighted by molar-refractivity contribution is 5.58. The van der Waals surface area contributed by atoms with E-state index in [1.165, 1.54) is 0 Å². The SMILES string of the molecule is C=C(CCC/C=C/C/C=C/C/C=C/C/C=C/C/C=C/CC)NCC1CC=NO1. The highest BCUT2D eigenvalue weighted by Crippen LogP contribution is 2.07. The molecule has 154 valence electrons. The molecule has 3 heteroatoms. The molecule has 3 nitrogen and oxygen atoms in total. The van der Waals surface area contributed by atoms with Crippen molar-refractivity contribution in [3.05, 3.63) is 73.0 Å². The molecule has 1 N–H and O–H groups in total. The Kier molecular flexibility index (Phi) is 15.3. The van der Waals surface area contributed by atoms with Crippen LogP contribution in [0.3, 0.4) is 0 Å². The van der Waals surface area contributed by atoms with Crippen molar-refractivity contribution in [3.63, 3.8) is 0 Å². The molecule has 0 bridgehead atoms. The minimum absolute atomic E-state index is 0.169. The standard InChI is InChI=1S/C25H38N2O/c1-3-4-5-6-7-8-9-10-11-12-13-14-15-16-17-18-19-20-24(2)26-23-25-21-22-27-28-25/h4-5,7-8,10-11,13-14,16-17,22,25-26H,2-3,6,9,12,15,18-21,23H2,1H3/b5-4+,8-7+,11-10+,14-13+,17-16+. The molecule has 28 heavy (non-hydrogen) atoms. The number of hydrogen-bond donors (Lipinski definition) is 1. The van der Waals surface area contributed by atoms with Gasteiger partial charge in [0.15, 0.2) is 0 Å². The van der Waals surface area contributed by atoms with Gasteiger partial charge in [0, 0.05) is 18.3 Å². The van der Waals surface area contributed by atoms with E-state index in [4.69, 9.17) is 4.84 Å². The number of rotatable bonds is 16. The molecule has 1 aliphatic rings. The molecule has 0 aromatic heterocycles. The minimum atomic E-state index is 0.169. The van der Waals surface area contributed by atoms with Gasteiger partial charge in [-0.05, 0) is 51.4 Å². The monoisotopic (exact) mass is 382 g/mol. The Bertz CT molecular complexity index is 559. The van der Waals surface area contributed by atoms with Crippen molar-refractivity contribution >= 4 is 6.21 Å². The van der Waals surface area contributed by atoms with Gasteiger partial charge in [-0.25, -0.2) is 0 Å². The van der Waals surface area contributed by atoms with E-state index in [0.717, 1.165) is 70.0 Å². The summed E-state index contributed by atoms with van der Waals surface area (Å²) in [5, 5.41) is 7.11. The molecule has 0 spiro atoms. The molecule has 0 saturated carbocycles. The zero-order valence-corrected chi connectivity index (χ0v) is 17.6. The van der Waals surface area contributed by atoms with Gasteiger partial charge >= 0.3 is 0 Å². The average molecular weight is 383 g/mol. The molecule has 0 saturated heterocycles. The summed E-state index contributed by atoms with van der Waals surface area (Å²) >= 11 is 0. The van der Waals surface area contributed by atoms with Crippen LogP contribution in [0.4, 0.5) is 0 Å². The lowest BCUT2D eigenvalue weighted by Gasteiger charge is -2.12. The van der Waals surface area contributed by atoms with E-state index < -0.39 is 0 Å². The van der Waals surface area contributed by atoms with Gasteiger partial charge in [-0.1, -0.05) is 79.4 Å². The number of oxime groups is 1. The molecular formula is C25H38N2O. The smallest absolute Gasteiger partial charge is 0.149 e. The number of unbranched alkanes of at least 4 members (excludes halogenated alkanes) is 1. The van der Waals surface area contributed by atoms with Crippen molar-refractivity contribution in [3.8, 4) is 0 Å². The van der Waals surface area contributed by atoms with E-state index in [0.29, 0.717) is 0 Å². The molecular weight excluding hydrogens is 344 g/mol. The highest BCUT2D eigenvalue weighted by Gasteiger charge is 2.12. The second-order valence-electron chi connectivity index (χ2n) is 6.84. The van der Waals surface area contributed by atoms with Gasteiger partial charge in [0.2, 0.25) is 0 Å². The third-order valence-corrected chi connectivity index (χ3v) is 4.24. The molecule has 0 aromatic rings. The van der Waals surface area contributed by atoms with Gasteiger partial charge in [0.25, 0.3) is 0 Å². The fourth-order valence-electron chi connectivity index (χ4n) is 2.60. The van der Waals surface area contributed by atoms with E-state index in [-0.39, 0.29) is 6.10 Å². The zero-order chi connectivity index (χ0) is 20.1. The van der Waals surface area contributed by atoms with Crippen molar-refractivity contribution in [2.24, 2.45) is 5.16 Å². The van der Waals surface area contributed by atoms with Crippen LogP contribution in [0.15, 0.2) is 78.2 Å². The van der Waals surface area contributed by atoms with Crippen LogP contribution in [0.5, 0.6) is 0 Å². The quantitative estimate of drug-likeness (QED) is 0.236. The van der Waals surface area contributed by atoms with Gasteiger partial charge in [-0.2, -0.15) is 0 Å². The molecule has 0 aromatic carbocycles. The van der Waals surface area contributed by atoms with Gasteiger partial charge < -0.3 is 10.2 Å². The molecule has 1 rings (SSSR count). The minimum Gasteiger partial charge on any atom is -0.391 e. The van der Waals surface area contributed by atoms with Crippen molar-refractivity contribution in [2.75, 3.05) is 6.54 Å². The summed E-state index contributed by atoms with van der Waals surface area (Å²) in [5.41, 5.74) is 1.09. The first-order valence-corrected chi connectivity index (χ1v) is 10.7. The Hall–Kier alpha value is -2.29. The maximum absolute atomic E-state index is 5.18. The summed E-state index contributed by atoms with van der Waals surface area (Å²) in [6.07, 6.45) is 33.6. The van der Waals surface area contributed by atoms with Crippen molar-refractivity contribution in [1.82, 2.24) is 5.32 Å². The van der Waals surface area contributed by atoms with Crippen LogP contribution in [0.1, 0.15) is 64.7 Å². The van der Waals surface area contributed by atoms with Crippen LogP contribution in [-0.2, 0) is 4.84 Å². The largest absolute Gasteiger partial charge is 0.391 e. The van der Waals surface area contributed by atoms with Crippen LogP contribution < -0.4 is 5.32 Å². The van der Waals surface area contributed by atoms with E-state index in [1.54, 1.807) is 0 Å². The fraction of sp³-hybridized carbons (Fsp3) is 0.480. The van der Waals surface area contributed by atoms with Crippen molar-refractivity contribution < 1.29 is 4.84 Å². The molecule has 0 radical (unpaired) electrons. The predicted molar refractivity (Wildman–Crippen MR) is 123 cm³/mol. The molecule has 1 unspecified atom stereocenters. The molecule has 1 aliphatic heterocycles. The Morgan fingerprint density at radius 1 is 0.964 bits per heavy atom. The second kappa shape index (κ2) is 18.1. The van der Waals surface area contributed by atoms with E-state index >= 15 is 0 Å². The van der Waals surface area contributed by atoms with Gasteiger partial charge in [0.05, 0.1) is 6.54 Å². The Morgan fingerprint density at radius 3 is 2.07 bits per heavy atom. The molecule has 0 aliphatic carbocycles. The maximum Gasteiger partial charge on any atom is 0.149 e. The summed E-state index contributed by atoms with van der Waals surface area (Å²) in [7, 11) is 0. The van der Waals surface area contributed by atoms with Crippen LogP contribution in [-0.4, -0.2) is 18.9 Å². The summed E-state index contributed by atoms with van der Waals surface area (Å²) in [5.74, 6) is 0. The topological polar surface area (TPSA) is 33.6 Å². The Morgan fingerprint density at radius 2 is 1.54 bits per heavy atom. The molecule has 0 amide bonds. The first kappa shape index (κ1) is 23.7. The second-order valence-corrected chi connectivity index (χ2v) is 6.84. The lowest BCUT2D eigenvalue weighted by atomic mass is 10.2. The summed E-state index contributed by atoms with van der Waals surface area (Å²) in [6, 6.07) is 0. The number of nitrogens with zero attached hydrogens (tertiary/aromatic N) is 1. The summed E-state index contributed by atoms with van der Waals surface area (Å²) in [6.45, 7) is 7.02. The molecule has 1 atom stereocenters. The third kappa shape index (κ3) is 14.8.